The highest BCUT2D eigenvalue weighted by Gasteiger charge is 2.32. The third-order valence-electron chi connectivity index (χ3n) is 5.73. The van der Waals surface area contributed by atoms with Crippen molar-refractivity contribution < 1.29 is 13.2 Å². The molecule has 0 radical (unpaired) electrons. The van der Waals surface area contributed by atoms with E-state index >= 15 is 0 Å². The Morgan fingerprint density at radius 2 is 1.70 bits per heavy atom. The average molecular weight is 409 g/mol. The van der Waals surface area contributed by atoms with Gasteiger partial charge in [0, 0.05) is 16.9 Å². The van der Waals surface area contributed by atoms with Crippen LogP contribution < -0.4 is 0 Å². The molecule has 1 aliphatic carbocycles. The second kappa shape index (κ2) is 7.19. The standard InChI is InChI=1S/C22H18F3N5/c23-22(24,25)15-10-11-17-16(12-15)18(13-6-2-1-3-7-13)19(21-27-29-30-28-21)20(26-17)14-8-4-5-9-14/h1-3,6-7,10-12,14H,4-5,8-9H2,(H,27,28,29,30). The van der Waals surface area contributed by atoms with Crippen LogP contribution in [0.15, 0.2) is 48.5 Å². The van der Waals surface area contributed by atoms with Crippen LogP contribution in [0.1, 0.15) is 42.9 Å². The lowest BCUT2D eigenvalue weighted by molar-refractivity contribution is -0.137. The summed E-state index contributed by atoms with van der Waals surface area (Å²) in [7, 11) is 0. The molecule has 30 heavy (non-hydrogen) atoms. The van der Waals surface area contributed by atoms with Gasteiger partial charge in [0.25, 0.3) is 0 Å². The molecule has 152 valence electrons. The minimum absolute atomic E-state index is 0.222. The molecule has 2 aromatic heterocycles. The number of H-pyrrole nitrogens is 1. The molecule has 8 heteroatoms. The predicted octanol–water partition coefficient (Wildman–Crippen LogP) is 5.76. The Kier molecular flexibility index (Phi) is 4.49. The van der Waals surface area contributed by atoms with E-state index in [1.807, 2.05) is 30.3 Å². The Labute approximate surface area is 170 Å². The smallest absolute Gasteiger partial charge is 0.252 e. The fourth-order valence-electron chi connectivity index (χ4n) is 4.36. The molecule has 0 spiro atoms. The molecule has 0 atom stereocenters. The maximum Gasteiger partial charge on any atom is 0.416 e. The molecule has 0 bridgehead atoms. The fraction of sp³-hybridized carbons (Fsp3) is 0.273. The van der Waals surface area contributed by atoms with E-state index < -0.39 is 11.7 Å². The number of hydrogen-bond acceptors (Lipinski definition) is 4. The van der Waals surface area contributed by atoms with Crippen molar-refractivity contribution >= 4 is 10.9 Å². The summed E-state index contributed by atoms with van der Waals surface area (Å²) in [6.45, 7) is 0. The molecule has 4 aromatic rings. The average Bonchev–Trinajstić information content (AvgIpc) is 3.46. The highest BCUT2D eigenvalue weighted by Crippen LogP contribution is 2.45. The van der Waals surface area contributed by atoms with E-state index in [9.17, 15) is 13.2 Å². The van der Waals surface area contributed by atoms with E-state index in [1.165, 1.54) is 12.1 Å². The van der Waals surface area contributed by atoms with Gasteiger partial charge in [-0.05, 0) is 47.0 Å². The van der Waals surface area contributed by atoms with E-state index in [2.05, 4.69) is 20.6 Å². The monoisotopic (exact) mass is 409 g/mol. The Hall–Kier alpha value is -3.29. The number of tetrazole rings is 1. The zero-order chi connectivity index (χ0) is 20.7. The molecule has 5 nitrogen and oxygen atoms in total. The van der Waals surface area contributed by atoms with Crippen molar-refractivity contribution in [3.63, 3.8) is 0 Å². The number of fused-ring (bicyclic) bond motifs is 1. The first-order valence-electron chi connectivity index (χ1n) is 9.87. The van der Waals surface area contributed by atoms with E-state index in [0.717, 1.165) is 43.0 Å². The van der Waals surface area contributed by atoms with Gasteiger partial charge in [-0.15, -0.1) is 5.10 Å². The van der Waals surface area contributed by atoms with Gasteiger partial charge in [0.15, 0.2) is 5.82 Å². The molecule has 0 saturated heterocycles. The van der Waals surface area contributed by atoms with Crippen molar-refractivity contribution in [2.75, 3.05) is 0 Å². The van der Waals surface area contributed by atoms with Crippen LogP contribution in [0, 0.1) is 0 Å². The molecule has 1 fully saturated rings. The van der Waals surface area contributed by atoms with Crippen LogP contribution in [0.3, 0.4) is 0 Å². The summed E-state index contributed by atoms with van der Waals surface area (Å²) in [5, 5.41) is 14.8. The van der Waals surface area contributed by atoms with Crippen LogP contribution in [0.5, 0.6) is 0 Å². The second-order valence-corrected chi connectivity index (χ2v) is 7.57. The van der Waals surface area contributed by atoms with Gasteiger partial charge < -0.3 is 0 Å². The Bertz CT molecular complexity index is 1180. The van der Waals surface area contributed by atoms with Gasteiger partial charge in [-0.3, -0.25) is 4.98 Å². The predicted molar refractivity (Wildman–Crippen MR) is 107 cm³/mol. The van der Waals surface area contributed by atoms with Crippen molar-refractivity contribution in [1.82, 2.24) is 25.6 Å². The van der Waals surface area contributed by atoms with Gasteiger partial charge in [-0.1, -0.05) is 43.2 Å². The lowest BCUT2D eigenvalue weighted by Crippen LogP contribution is -2.07. The second-order valence-electron chi connectivity index (χ2n) is 7.57. The normalized spacial score (nSPS) is 15.2. The summed E-state index contributed by atoms with van der Waals surface area (Å²) >= 11 is 0. The summed E-state index contributed by atoms with van der Waals surface area (Å²) in [5.74, 6) is 0.641. The first-order chi connectivity index (χ1) is 14.5. The minimum atomic E-state index is -4.44. The minimum Gasteiger partial charge on any atom is -0.252 e. The number of aromatic amines is 1. The van der Waals surface area contributed by atoms with Crippen LogP contribution in [0.25, 0.3) is 33.4 Å². The van der Waals surface area contributed by atoms with E-state index in [0.29, 0.717) is 27.9 Å². The number of halogens is 3. The van der Waals surface area contributed by atoms with Crippen molar-refractivity contribution in [2.45, 2.75) is 37.8 Å². The molecule has 0 unspecified atom stereocenters. The number of nitrogens with zero attached hydrogens (tertiary/aromatic N) is 4. The van der Waals surface area contributed by atoms with Crippen molar-refractivity contribution in [3.05, 3.63) is 59.8 Å². The van der Waals surface area contributed by atoms with Gasteiger partial charge in [-0.2, -0.15) is 13.2 Å². The highest BCUT2D eigenvalue weighted by atomic mass is 19.4. The summed E-state index contributed by atoms with van der Waals surface area (Å²) in [4.78, 5) is 4.84. The molecule has 5 rings (SSSR count). The number of hydrogen-bond donors (Lipinski definition) is 1. The third-order valence-corrected chi connectivity index (χ3v) is 5.73. The number of alkyl halides is 3. The van der Waals surface area contributed by atoms with Crippen molar-refractivity contribution in [1.29, 1.82) is 0 Å². The molecular weight excluding hydrogens is 391 g/mol. The Balaban J connectivity index is 1.91. The maximum atomic E-state index is 13.5. The molecule has 2 heterocycles. The Morgan fingerprint density at radius 3 is 2.37 bits per heavy atom. The number of benzene rings is 2. The Morgan fingerprint density at radius 1 is 0.933 bits per heavy atom. The van der Waals surface area contributed by atoms with Crippen LogP contribution in [0.4, 0.5) is 13.2 Å². The molecule has 1 aliphatic rings. The summed E-state index contributed by atoms with van der Waals surface area (Å²) in [6, 6.07) is 13.1. The summed E-state index contributed by atoms with van der Waals surface area (Å²) in [6.07, 6.45) is -0.261. The van der Waals surface area contributed by atoms with Crippen LogP contribution in [-0.2, 0) is 6.18 Å². The van der Waals surface area contributed by atoms with E-state index in [4.69, 9.17) is 4.98 Å². The van der Waals surface area contributed by atoms with Crippen LogP contribution >= 0.6 is 0 Å². The van der Waals surface area contributed by atoms with Gasteiger partial charge in [0.1, 0.15) is 0 Å². The van der Waals surface area contributed by atoms with Gasteiger partial charge in [0.2, 0.25) is 0 Å². The molecular formula is C22H18F3N5. The number of nitrogens with one attached hydrogen (secondary N) is 1. The molecule has 0 amide bonds. The lowest BCUT2D eigenvalue weighted by Gasteiger charge is -2.20. The topological polar surface area (TPSA) is 67.3 Å². The number of pyridine rings is 1. The fourth-order valence-corrected chi connectivity index (χ4v) is 4.36. The zero-order valence-corrected chi connectivity index (χ0v) is 15.9. The largest absolute Gasteiger partial charge is 0.416 e. The van der Waals surface area contributed by atoms with Gasteiger partial charge in [-0.25, -0.2) is 5.10 Å². The van der Waals surface area contributed by atoms with Gasteiger partial charge in [0.05, 0.1) is 22.3 Å². The van der Waals surface area contributed by atoms with E-state index in [1.54, 1.807) is 0 Å². The van der Waals surface area contributed by atoms with Gasteiger partial charge >= 0.3 is 6.18 Å². The van der Waals surface area contributed by atoms with Crippen LogP contribution in [-0.4, -0.2) is 25.6 Å². The van der Waals surface area contributed by atoms with Crippen LogP contribution in [0.2, 0.25) is 0 Å². The molecule has 2 aromatic carbocycles. The molecule has 0 aliphatic heterocycles. The summed E-state index contributed by atoms with van der Waals surface area (Å²) in [5.41, 5.74) is 2.84. The third kappa shape index (κ3) is 3.22. The highest BCUT2D eigenvalue weighted by molar-refractivity contribution is 6.02. The van der Waals surface area contributed by atoms with Crippen molar-refractivity contribution in [3.8, 4) is 22.5 Å². The quantitative estimate of drug-likeness (QED) is 0.467. The van der Waals surface area contributed by atoms with E-state index in [-0.39, 0.29) is 5.92 Å². The molecule has 1 N–H and O–H groups in total. The summed E-state index contributed by atoms with van der Waals surface area (Å²) < 4.78 is 40.5. The first-order valence-corrected chi connectivity index (χ1v) is 9.87. The maximum absolute atomic E-state index is 13.5. The first kappa shape index (κ1) is 18.7. The SMILES string of the molecule is FC(F)(F)c1ccc2nc(C3CCCC3)c(-c3nnn[nH]3)c(-c3ccccc3)c2c1. The molecule has 1 saturated carbocycles. The number of aromatic nitrogens is 5. The van der Waals surface area contributed by atoms with Crippen molar-refractivity contribution in [2.24, 2.45) is 0 Å². The zero-order valence-electron chi connectivity index (χ0n) is 15.9. The number of rotatable bonds is 3. The lowest BCUT2D eigenvalue weighted by atomic mass is 9.88.